The second-order valence-corrected chi connectivity index (χ2v) is 4.37. The Labute approximate surface area is 132 Å². The summed E-state index contributed by atoms with van der Waals surface area (Å²) in [6.45, 7) is 1.78. The maximum Gasteiger partial charge on any atom is 0.256 e. The van der Waals surface area contributed by atoms with Gasteiger partial charge in [-0.2, -0.15) is 15.6 Å². The highest BCUT2D eigenvalue weighted by atomic mass is 16.1. The van der Waals surface area contributed by atoms with E-state index in [1.165, 1.54) is 6.20 Å². The Kier molecular flexibility index (Phi) is 4.95. The molecular formula is C15H11N7O. The van der Waals surface area contributed by atoms with Gasteiger partial charge >= 0.3 is 0 Å². The molecule has 8 nitrogen and oxygen atoms in total. The molecule has 1 aromatic heterocycles. The van der Waals surface area contributed by atoms with Crippen molar-refractivity contribution in [2.75, 3.05) is 10.7 Å². The lowest BCUT2D eigenvalue weighted by Crippen LogP contribution is -2.13. The van der Waals surface area contributed by atoms with Gasteiger partial charge in [-0.1, -0.05) is 0 Å². The van der Waals surface area contributed by atoms with Crippen molar-refractivity contribution >= 4 is 23.1 Å². The van der Waals surface area contributed by atoms with E-state index in [4.69, 9.17) is 10.5 Å². The fraction of sp³-hybridized carbons (Fsp3) is 0.0667. The molecule has 0 aliphatic rings. The molecule has 23 heavy (non-hydrogen) atoms. The highest BCUT2D eigenvalue weighted by Gasteiger charge is 2.07. The smallest absolute Gasteiger partial charge is 0.256 e. The SMILES string of the molecule is Cc1cncc(NC(=O)c2ccc(NN=C(C#N)C#N)cc2)n1. The minimum Gasteiger partial charge on any atom is -0.305 e. The summed E-state index contributed by atoms with van der Waals surface area (Å²) in [5, 5.41) is 23.4. The molecule has 2 aromatic rings. The Hall–Kier alpha value is -3.78. The summed E-state index contributed by atoms with van der Waals surface area (Å²) in [5.74, 6) is 0.0455. The first kappa shape index (κ1) is 15.6. The van der Waals surface area contributed by atoms with Gasteiger partial charge in [-0.15, -0.1) is 0 Å². The lowest BCUT2D eigenvalue weighted by atomic mass is 10.2. The number of hydrogen-bond acceptors (Lipinski definition) is 7. The molecule has 112 valence electrons. The zero-order chi connectivity index (χ0) is 16.7. The topological polar surface area (TPSA) is 127 Å². The van der Waals surface area contributed by atoms with Gasteiger partial charge < -0.3 is 5.32 Å². The Morgan fingerprint density at radius 3 is 2.48 bits per heavy atom. The van der Waals surface area contributed by atoms with Crippen LogP contribution in [0.4, 0.5) is 11.5 Å². The van der Waals surface area contributed by atoms with Gasteiger partial charge in [0.2, 0.25) is 5.71 Å². The number of aromatic nitrogens is 2. The van der Waals surface area contributed by atoms with Crippen molar-refractivity contribution in [3.05, 3.63) is 47.9 Å². The first-order valence-electron chi connectivity index (χ1n) is 6.46. The van der Waals surface area contributed by atoms with Crippen molar-refractivity contribution in [2.24, 2.45) is 5.10 Å². The van der Waals surface area contributed by atoms with Gasteiger partial charge in [0.1, 0.15) is 12.1 Å². The summed E-state index contributed by atoms with van der Waals surface area (Å²) in [6.07, 6.45) is 3.05. The molecule has 8 heteroatoms. The van der Waals surface area contributed by atoms with Gasteiger partial charge in [-0.25, -0.2) is 4.98 Å². The Balaban J connectivity index is 2.05. The third kappa shape index (κ3) is 4.34. The number of hydrogen-bond donors (Lipinski definition) is 2. The van der Waals surface area contributed by atoms with E-state index < -0.39 is 0 Å². The molecule has 0 atom stereocenters. The molecule has 0 spiro atoms. The fourth-order valence-corrected chi connectivity index (χ4v) is 1.60. The van der Waals surface area contributed by atoms with Gasteiger partial charge in [0.25, 0.3) is 5.91 Å². The molecule has 1 amide bonds. The van der Waals surface area contributed by atoms with E-state index in [1.54, 1.807) is 49.5 Å². The lowest BCUT2D eigenvalue weighted by Gasteiger charge is -2.05. The zero-order valence-corrected chi connectivity index (χ0v) is 12.1. The van der Waals surface area contributed by atoms with Crippen molar-refractivity contribution in [3.63, 3.8) is 0 Å². The largest absolute Gasteiger partial charge is 0.305 e. The van der Waals surface area contributed by atoms with Gasteiger partial charge in [0.15, 0.2) is 5.82 Å². The molecule has 1 aromatic carbocycles. The van der Waals surface area contributed by atoms with Crippen molar-refractivity contribution < 1.29 is 4.79 Å². The van der Waals surface area contributed by atoms with Crippen LogP contribution in [0.3, 0.4) is 0 Å². The Bertz CT molecular complexity index is 812. The van der Waals surface area contributed by atoms with E-state index in [0.29, 0.717) is 22.8 Å². The summed E-state index contributed by atoms with van der Waals surface area (Å²) < 4.78 is 0. The number of anilines is 2. The van der Waals surface area contributed by atoms with E-state index in [0.717, 1.165) is 0 Å². The standard InChI is InChI=1S/C15H11N7O/c1-10-8-18-9-14(19-10)20-15(23)11-2-4-12(5-3-11)21-22-13(6-16)7-17/h2-5,8-9,21H,1H3,(H,19,20,23). The van der Waals surface area contributed by atoms with Crippen LogP contribution in [0, 0.1) is 29.6 Å². The summed E-state index contributed by atoms with van der Waals surface area (Å²) in [5.41, 5.74) is 3.93. The van der Waals surface area contributed by atoms with Gasteiger partial charge in [-0.3, -0.25) is 15.2 Å². The summed E-state index contributed by atoms with van der Waals surface area (Å²) in [7, 11) is 0. The van der Waals surface area contributed by atoms with E-state index >= 15 is 0 Å². The van der Waals surface area contributed by atoms with Crippen LogP contribution < -0.4 is 10.7 Å². The molecule has 0 aliphatic heterocycles. The average Bonchev–Trinajstić information content (AvgIpc) is 2.56. The lowest BCUT2D eigenvalue weighted by molar-refractivity contribution is 0.102. The molecule has 0 radical (unpaired) electrons. The monoisotopic (exact) mass is 305 g/mol. The highest BCUT2D eigenvalue weighted by Crippen LogP contribution is 2.11. The second kappa shape index (κ2) is 7.29. The zero-order valence-electron chi connectivity index (χ0n) is 12.1. The number of rotatable bonds is 4. The minimum atomic E-state index is -0.324. The van der Waals surface area contributed by atoms with Gasteiger partial charge in [0, 0.05) is 11.8 Å². The number of aryl methyl sites for hydroxylation is 1. The number of nitriles is 2. The predicted molar refractivity (Wildman–Crippen MR) is 83.4 cm³/mol. The van der Waals surface area contributed by atoms with Gasteiger partial charge in [0.05, 0.1) is 17.6 Å². The van der Waals surface area contributed by atoms with Crippen LogP contribution in [0.15, 0.2) is 41.8 Å². The number of carbonyl (C=O) groups excluding carboxylic acids is 1. The third-order valence-corrected chi connectivity index (χ3v) is 2.65. The fourth-order valence-electron chi connectivity index (χ4n) is 1.60. The number of nitrogens with zero attached hydrogens (tertiary/aromatic N) is 5. The first-order valence-corrected chi connectivity index (χ1v) is 6.46. The molecule has 2 N–H and O–H groups in total. The molecule has 0 saturated carbocycles. The molecule has 0 unspecified atom stereocenters. The summed E-state index contributed by atoms with van der Waals surface area (Å²) >= 11 is 0. The Morgan fingerprint density at radius 1 is 1.17 bits per heavy atom. The highest BCUT2D eigenvalue weighted by molar-refractivity contribution is 6.10. The van der Waals surface area contributed by atoms with E-state index in [9.17, 15) is 4.79 Å². The maximum absolute atomic E-state index is 12.1. The van der Waals surface area contributed by atoms with Crippen LogP contribution >= 0.6 is 0 Å². The van der Waals surface area contributed by atoms with Crippen LogP contribution in [0.1, 0.15) is 16.1 Å². The second-order valence-electron chi connectivity index (χ2n) is 4.37. The van der Waals surface area contributed by atoms with Crippen LogP contribution in [0.5, 0.6) is 0 Å². The molecule has 0 saturated heterocycles. The van der Waals surface area contributed by atoms with Gasteiger partial charge in [-0.05, 0) is 31.2 Å². The quantitative estimate of drug-likeness (QED) is 0.655. The molecule has 0 aliphatic carbocycles. The van der Waals surface area contributed by atoms with Crippen LogP contribution in [-0.2, 0) is 0 Å². The normalized spacial score (nSPS) is 9.17. The van der Waals surface area contributed by atoms with Crippen molar-refractivity contribution in [1.29, 1.82) is 10.5 Å². The number of benzene rings is 1. The number of carbonyl (C=O) groups is 1. The summed E-state index contributed by atoms with van der Waals surface area (Å²) in [6, 6.07) is 9.63. The van der Waals surface area contributed by atoms with Crippen LogP contribution in [0.2, 0.25) is 0 Å². The van der Waals surface area contributed by atoms with Crippen LogP contribution in [0.25, 0.3) is 0 Å². The van der Waals surface area contributed by atoms with Crippen molar-refractivity contribution in [3.8, 4) is 12.1 Å². The van der Waals surface area contributed by atoms with Crippen molar-refractivity contribution in [1.82, 2.24) is 9.97 Å². The molecule has 0 bridgehead atoms. The van der Waals surface area contributed by atoms with Crippen molar-refractivity contribution in [2.45, 2.75) is 6.92 Å². The van der Waals surface area contributed by atoms with E-state index in [1.807, 2.05) is 0 Å². The average molecular weight is 305 g/mol. The summed E-state index contributed by atoms with van der Waals surface area (Å²) in [4.78, 5) is 20.2. The minimum absolute atomic E-state index is 0.287. The first-order chi connectivity index (χ1) is 11.1. The third-order valence-electron chi connectivity index (χ3n) is 2.65. The Morgan fingerprint density at radius 2 is 1.87 bits per heavy atom. The van der Waals surface area contributed by atoms with E-state index in [2.05, 4.69) is 25.8 Å². The van der Waals surface area contributed by atoms with E-state index in [-0.39, 0.29) is 11.6 Å². The maximum atomic E-state index is 12.1. The molecular weight excluding hydrogens is 294 g/mol. The number of hydrazone groups is 1. The molecule has 0 fully saturated rings. The number of nitrogens with one attached hydrogen (secondary N) is 2. The molecule has 1 heterocycles. The predicted octanol–water partition coefficient (Wildman–Crippen LogP) is 1.85. The number of amides is 1. The molecule has 2 rings (SSSR count). The van der Waals surface area contributed by atoms with Crippen LogP contribution in [-0.4, -0.2) is 21.6 Å².